The molecule has 7 heteroatoms. The number of hydrogen-bond acceptors (Lipinski definition) is 5. The number of aliphatic carboxylic acids is 1. The number of nitrogens with one attached hydrogen (secondary N) is 1. The Morgan fingerprint density at radius 3 is 2.24 bits per heavy atom. The van der Waals surface area contributed by atoms with Crippen molar-refractivity contribution in [3.63, 3.8) is 0 Å². The van der Waals surface area contributed by atoms with Crippen molar-refractivity contribution in [2.45, 2.75) is 44.9 Å². The van der Waals surface area contributed by atoms with E-state index in [4.69, 9.17) is 19.6 Å². The van der Waals surface area contributed by atoms with Crippen LogP contribution in [0.25, 0.3) is 0 Å². The van der Waals surface area contributed by atoms with Gasteiger partial charge in [0.05, 0.1) is 19.2 Å². The predicted molar refractivity (Wildman–Crippen MR) is 148 cm³/mol. The van der Waals surface area contributed by atoms with Gasteiger partial charge in [0.15, 0.2) is 0 Å². The summed E-state index contributed by atoms with van der Waals surface area (Å²) in [6.07, 6.45) is -0.248. The van der Waals surface area contributed by atoms with Crippen LogP contribution in [0, 0.1) is 0 Å². The minimum atomic E-state index is -0.991. The molecule has 4 rings (SSSR count). The lowest BCUT2D eigenvalue weighted by Crippen LogP contribution is -2.32. The lowest BCUT2D eigenvalue weighted by atomic mass is 9.86. The van der Waals surface area contributed by atoms with E-state index in [9.17, 15) is 9.59 Å². The molecule has 3 aromatic carbocycles. The number of methoxy groups -OCH3 is 1. The van der Waals surface area contributed by atoms with E-state index < -0.39 is 5.97 Å². The second kappa shape index (κ2) is 11.5. The summed E-state index contributed by atoms with van der Waals surface area (Å²) >= 11 is 0. The van der Waals surface area contributed by atoms with Gasteiger partial charge in [-0.15, -0.1) is 0 Å². The first-order chi connectivity index (χ1) is 18.1. The predicted octanol–water partition coefficient (Wildman–Crippen LogP) is 5.70. The third-order valence-corrected chi connectivity index (χ3v) is 6.62. The van der Waals surface area contributed by atoms with Crippen LogP contribution in [0.3, 0.4) is 0 Å². The molecule has 198 valence electrons. The molecule has 0 saturated carbocycles. The molecule has 1 heterocycles. The Hall–Kier alpha value is -4.13. The van der Waals surface area contributed by atoms with Crippen molar-refractivity contribution in [3.05, 3.63) is 89.0 Å². The molecule has 3 aromatic rings. The Labute approximate surface area is 223 Å². The fourth-order valence-corrected chi connectivity index (χ4v) is 4.42. The monoisotopic (exact) mass is 514 g/mol. The molecule has 0 saturated heterocycles. The second-order valence-corrected chi connectivity index (χ2v) is 10.4. The maximum atomic E-state index is 12.2. The summed E-state index contributed by atoms with van der Waals surface area (Å²) in [6.45, 7) is 7.37. The SMILES string of the molecule is COc1ccc(C2=NCC(CNC(=O)CCC(=O)O)c3cc(Oc4ccc(C(C)(C)C)cc4)ccc32)cc1. The lowest BCUT2D eigenvalue weighted by molar-refractivity contribution is -0.138. The topological polar surface area (TPSA) is 97.2 Å². The number of ether oxygens (including phenoxy) is 2. The summed E-state index contributed by atoms with van der Waals surface area (Å²) in [5.41, 5.74) is 5.13. The largest absolute Gasteiger partial charge is 0.497 e. The highest BCUT2D eigenvalue weighted by atomic mass is 16.5. The molecule has 1 aliphatic heterocycles. The van der Waals surface area contributed by atoms with Gasteiger partial charge >= 0.3 is 5.97 Å². The lowest BCUT2D eigenvalue weighted by Gasteiger charge is -2.26. The minimum Gasteiger partial charge on any atom is -0.497 e. The van der Waals surface area contributed by atoms with Crippen molar-refractivity contribution in [1.82, 2.24) is 5.32 Å². The van der Waals surface area contributed by atoms with Crippen molar-refractivity contribution in [3.8, 4) is 17.2 Å². The molecule has 1 unspecified atom stereocenters. The molecule has 0 radical (unpaired) electrons. The Morgan fingerprint density at radius 1 is 0.947 bits per heavy atom. The Bertz CT molecular complexity index is 1320. The van der Waals surface area contributed by atoms with Gasteiger partial charge in [0, 0.05) is 36.6 Å². The fraction of sp³-hybridized carbons (Fsp3) is 0.323. The number of fused-ring (bicyclic) bond motifs is 1. The van der Waals surface area contributed by atoms with E-state index in [-0.39, 0.29) is 30.1 Å². The first-order valence-corrected chi connectivity index (χ1v) is 12.7. The van der Waals surface area contributed by atoms with Crippen LogP contribution in [0.1, 0.15) is 61.8 Å². The zero-order chi connectivity index (χ0) is 27.3. The molecular formula is C31H34N2O5. The average molecular weight is 515 g/mol. The Kier molecular flexibility index (Phi) is 8.15. The molecule has 38 heavy (non-hydrogen) atoms. The molecule has 7 nitrogen and oxygen atoms in total. The number of aliphatic imine (C=N–C) groups is 1. The standard InChI is InChI=1S/C31H34N2O5/c1-31(2,3)22-7-11-24(12-8-22)38-25-13-14-26-27(17-25)21(18-32-28(34)15-16-29(35)36)19-33-30(26)20-5-9-23(37-4)10-6-20/h5-14,17,21H,15-16,18-19H2,1-4H3,(H,32,34)(H,35,36). The molecule has 0 aromatic heterocycles. The van der Waals surface area contributed by atoms with Crippen molar-refractivity contribution >= 4 is 17.6 Å². The van der Waals surface area contributed by atoms with Crippen LogP contribution in [0.5, 0.6) is 17.2 Å². The molecule has 1 amide bonds. The highest BCUT2D eigenvalue weighted by Crippen LogP contribution is 2.34. The van der Waals surface area contributed by atoms with Gasteiger partial charge < -0.3 is 19.9 Å². The third kappa shape index (κ3) is 6.59. The van der Waals surface area contributed by atoms with Crippen molar-refractivity contribution < 1.29 is 24.2 Å². The van der Waals surface area contributed by atoms with Crippen LogP contribution in [0.15, 0.2) is 71.7 Å². The van der Waals surface area contributed by atoms with Crippen LogP contribution in [-0.4, -0.2) is 42.9 Å². The van der Waals surface area contributed by atoms with Gasteiger partial charge in [-0.2, -0.15) is 0 Å². The van der Waals surface area contributed by atoms with E-state index in [1.807, 2.05) is 54.6 Å². The second-order valence-electron chi connectivity index (χ2n) is 10.4. The first-order valence-electron chi connectivity index (χ1n) is 12.7. The maximum Gasteiger partial charge on any atom is 0.303 e. The highest BCUT2D eigenvalue weighted by molar-refractivity contribution is 6.14. The third-order valence-electron chi connectivity index (χ3n) is 6.62. The zero-order valence-electron chi connectivity index (χ0n) is 22.3. The summed E-state index contributed by atoms with van der Waals surface area (Å²) in [5, 5.41) is 11.7. The van der Waals surface area contributed by atoms with Crippen LogP contribution in [0.2, 0.25) is 0 Å². The Morgan fingerprint density at radius 2 is 1.61 bits per heavy atom. The molecule has 1 atom stereocenters. The van der Waals surface area contributed by atoms with Gasteiger partial charge in [-0.05, 0) is 71.1 Å². The van der Waals surface area contributed by atoms with E-state index in [0.717, 1.165) is 33.9 Å². The number of carboxylic acids is 1. The highest BCUT2D eigenvalue weighted by Gasteiger charge is 2.25. The summed E-state index contributed by atoms with van der Waals surface area (Å²) in [6, 6.07) is 21.9. The van der Waals surface area contributed by atoms with Crippen LogP contribution in [-0.2, 0) is 15.0 Å². The van der Waals surface area contributed by atoms with Gasteiger partial charge in [-0.1, -0.05) is 32.9 Å². The number of nitrogens with zero attached hydrogens (tertiary/aromatic N) is 1. The number of carboxylic acid groups (broad SMARTS) is 1. The Balaban J connectivity index is 1.60. The van der Waals surface area contributed by atoms with E-state index in [1.165, 1.54) is 5.56 Å². The molecule has 1 aliphatic rings. The maximum absolute atomic E-state index is 12.2. The molecular weight excluding hydrogens is 480 g/mol. The first kappa shape index (κ1) is 26.9. The number of carbonyl (C=O) groups excluding carboxylic acids is 1. The summed E-state index contributed by atoms with van der Waals surface area (Å²) < 4.78 is 11.5. The van der Waals surface area contributed by atoms with Crippen LogP contribution < -0.4 is 14.8 Å². The van der Waals surface area contributed by atoms with E-state index in [0.29, 0.717) is 18.8 Å². The summed E-state index contributed by atoms with van der Waals surface area (Å²) in [7, 11) is 1.63. The van der Waals surface area contributed by atoms with Crippen LogP contribution >= 0.6 is 0 Å². The smallest absolute Gasteiger partial charge is 0.303 e. The van der Waals surface area contributed by atoms with Crippen LogP contribution in [0.4, 0.5) is 0 Å². The van der Waals surface area contributed by atoms with Gasteiger partial charge in [-0.25, -0.2) is 0 Å². The fourth-order valence-electron chi connectivity index (χ4n) is 4.42. The minimum absolute atomic E-state index is 0.0526. The normalized spacial score (nSPS) is 14.7. The average Bonchev–Trinajstić information content (AvgIpc) is 2.90. The van der Waals surface area contributed by atoms with Gasteiger partial charge in [0.1, 0.15) is 17.2 Å². The molecule has 0 bridgehead atoms. The zero-order valence-corrected chi connectivity index (χ0v) is 22.3. The number of carbonyl (C=O) groups is 2. The van der Waals surface area contributed by atoms with Gasteiger partial charge in [0.25, 0.3) is 0 Å². The molecule has 0 aliphatic carbocycles. The van der Waals surface area contributed by atoms with Crippen molar-refractivity contribution in [1.29, 1.82) is 0 Å². The van der Waals surface area contributed by atoms with Gasteiger partial charge in [0.2, 0.25) is 5.91 Å². The van der Waals surface area contributed by atoms with E-state index in [2.05, 4.69) is 38.2 Å². The quantitative estimate of drug-likeness (QED) is 0.382. The molecule has 0 spiro atoms. The molecule has 2 N–H and O–H groups in total. The van der Waals surface area contributed by atoms with Gasteiger partial charge in [-0.3, -0.25) is 14.6 Å². The number of amides is 1. The van der Waals surface area contributed by atoms with Crippen molar-refractivity contribution in [2.24, 2.45) is 4.99 Å². The number of rotatable bonds is 9. The van der Waals surface area contributed by atoms with Crippen molar-refractivity contribution in [2.75, 3.05) is 20.2 Å². The summed E-state index contributed by atoms with van der Waals surface area (Å²) in [5.74, 6) is 0.863. The number of hydrogen-bond donors (Lipinski definition) is 2. The summed E-state index contributed by atoms with van der Waals surface area (Å²) in [4.78, 5) is 27.9. The molecule has 0 fully saturated rings. The van der Waals surface area contributed by atoms with E-state index >= 15 is 0 Å². The number of benzene rings is 3. The van der Waals surface area contributed by atoms with E-state index in [1.54, 1.807) is 7.11 Å².